The molecule has 0 aromatic heterocycles. The Kier molecular flexibility index (Phi) is 4.13. The van der Waals surface area contributed by atoms with Gasteiger partial charge in [0.05, 0.1) is 4.99 Å². The van der Waals surface area contributed by atoms with Crippen molar-refractivity contribution in [3.63, 3.8) is 0 Å². The van der Waals surface area contributed by atoms with Crippen LogP contribution in [0.4, 0.5) is 0 Å². The van der Waals surface area contributed by atoms with Crippen molar-refractivity contribution in [1.29, 1.82) is 0 Å². The normalized spacial score (nSPS) is 23.2. The lowest BCUT2D eigenvalue weighted by molar-refractivity contribution is 0.155. The Morgan fingerprint density at radius 3 is 2.76 bits per heavy atom. The lowest BCUT2D eigenvalue weighted by Gasteiger charge is -2.36. The molecule has 2 unspecified atom stereocenters. The Bertz CT molecular complexity index is 377. The monoisotopic (exact) mass is 248 g/mol. The van der Waals surface area contributed by atoms with E-state index < -0.39 is 0 Å². The van der Waals surface area contributed by atoms with Crippen LogP contribution >= 0.6 is 12.2 Å². The first-order chi connectivity index (χ1) is 8.18. The third-order valence-corrected chi connectivity index (χ3v) is 4.02. The molecule has 17 heavy (non-hydrogen) atoms. The molecule has 1 fully saturated rings. The Hall–Kier alpha value is -0.930. The Morgan fingerprint density at radius 2 is 2.12 bits per heavy atom. The summed E-state index contributed by atoms with van der Waals surface area (Å²) in [5.74, 6) is 0.393. The summed E-state index contributed by atoms with van der Waals surface area (Å²) in [5, 5.41) is 0. The van der Waals surface area contributed by atoms with E-state index >= 15 is 0 Å². The number of hydrogen-bond donors (Lipinski definition) is 1. The van der Waals surface area contributed by atoms with Gasteiger partial charge in [0.15, 0.2) is 0 Å². The third-order valence-electron chi connectivity index (χ3n) is 3.68. The molecule has 0 radical (unpaired) electrons. The summed E-state index contributed by atoms with van der Waals surface area (Å²) in [7, 11) is 0. The lowest BCUT2D eigenvalue weighted by atomic mass is 9.95. The minimum absolute atomic E-state index is 0.393. The summed E-state index contributed by atoms with van der Waals surface area (Å²) in [5.41, 5.74) is 7.14. The first-order valence-corrected chi connectivity index (χ1v) is 6.67. The molecule has 2 rings (SSSR count). The molecular weight excluding hydrogens is 228 g/mol. The molecule has 1 saturated heterocycles. The smallest absolute Gasteiger partial charge is 0.0771 e. The average molecular weight is 248 g/mol. The van der Waals surface area contributed by atoms with Crippen LogP contribution < -0.4 is 5.73 Å². The molecule has 0 spiro atoms. The molecule has 1 aromatic rings. The van der Waals surface area contributed by atoms with E-state index in [1.165, 1.54) is 12.0 Å². The molecule has 2 atom stereocenters. The molecule has 92 valence electrons. The van der Waals surface area contributed by atoms with Crippen molar-refractivity contribution in [1.82, 2.24) is 4.90 Å². The highest BCUT2D eigenvalue weighted by Gasteiger charge is 2.25. The second-order valence-corrected chi connectivity index (χ2v) is 5.29. The minimum Gasteiger partial charge on any atom is -0.393 e. The molecular formula is C14H20N2S. The quantitative estimate of drug-likeness (QED) is 0.834. The van der Waals surface area contributed by atoms with Gasteiger partial charge in [-0.2, -0.15) is 0 Å². The molecule has 0 amide bonds. The number of likely N-dealkylation sites (tertiary alicyclic amines) is 1. The van der Waals surface area contributed by atoms with Crippen LogP contribution in [-0.2, 0) is 0 Å². The Labute approximate surface area is 109 Å². The number of thiocarbonyl (C=S) groups is 1. The fourth-order valence-electron chi connectivity index (χ4n) is 2.53. The highest BCUT2D eigenvalue weighted by molar-refractivity contribution is 7.80. The summed E-state index contributed by atoms with van der Waals surface area (Å²) < 4.78 is 0. The predicted molar refractivity (Wildman–Crippen MR) is 75.9 cm³/mol. The van der Waals surface area contributed by atoms with Crippen LogP contribution in [0.1, 0.15) is 31.4 Å². The molecule has 1 aliphatic rings. The number of hydrogen-bond acceptors (Lipinski definition) is 2. The van der Waals surface area contributed by atoms with Gasteiger partial charge in [-0.1, -0.05) is 42.5 Å². The topological polar surface area (TPSA) is 29.3 Å². The summed E-state index contributed by atoms with van der Waals surface area (Å²) in [6.45, 7) is 4.41. The first kappa shape index (κ1) is 12.5. The van der Waals surface area contributed by atoms with Crippen LogP contribution in [0.3, 0.4) is 0 Å². The van der Waals surface area contributed by atoms with Crippen molar-refractivity contribution >= 4 is 17.2 Å². The summed E-state index contributed by atoms with van der Waals surface area (Å²) in [6, 6.07) is 11.1. The molecule has 1 aliphatic heterocycles. The molecule has 0 aliphatic carbocycles. The van der Waals surface area contributed by atoms with Crippen molar-refractivity contribution in [2.75, 3.05) is 13.1 Å². The molecule has 2 nitrogen and oxygen atoms in total. The van der Waals surface area contributed by atoms with Gasteiger partial charge in [-0.3, -0.25) is 4.90 Å². The van der Waals surface area contributed by atoms with Crippen molar-refractivity contribution < 1.29 is 0 Å². The maximum Gasteiger partial charge on any atom is 0.0771 e. The van der Waals surface area contributed by atoms with E-state index in [9.17, 15) is 0 Å². The first-order valence-electron chi connectivity index (χ1n) is 6.27. The van der Waals surface area contributed by atoms with E-state index in [4.69, 9.17) is 18.0 Å². The predicted octanol–water partition coefficient (Wildman–Crippen LogP) is 2.75. The summed E-state index contributed by atoms with van der Waals surface area (Å²) in [4.78, 5) is 3.16. The van der Waals surface area contributed by atoms with Crippen LogP contribution in [0.25, 0.3) is 0 Å². The fraction of sp³-hybridized carbons (Fsp3) is 0.500. The standard InChI is InChI=1S/C14H20N2S/c1-11(12-6-3-2-4-7-12)16-9-5-8-13(10-16)14(15)17/h2-4,6-7,11,13H,5,8-10H2,1H3,(H2,15,17). The van der Waals surface area contributed by atoms with Crippen molar-refractivity contribution in [3.05, 3.63) is 35.9 Å². The molecule has 2 N–H and O–H groups in total. The highest BCUT2D eigenvalue weighted by atomic mass is 32.1. The molecule has 1 aromatic carbocycles. The van der Waals surface area contributed by atoms with E-state index in [1.807, 2.05) is 0 Å². The van der Waals surface area contributed by atoms with Crippen molar-refractivity contribution in [3.8, 4) is 0 Å². The zero-order chi connectivity index (χ0) is 12.3. The van der Waals surface area contributed by atoms with Crippen LogP contribution in [-0.4, -0.2) is 23.0 Å². The second kappa shape index (κ2) is 5.61. The van der Waals surface area contributed by atoms with E-state index in [2.05, 4.69) is 42.2 Å². The van der Waals surface area contributed by atoms with Crippen molar-refractivity contribution in [2.45, 2.75) is 25.8 Å². The zero-order valence-electron chi connectivity index (χ0n) is 10.3. The second-order valence-electron chi connectivity index (χ2n) is 4.82. The van der Waals surface area contributed by atoms with Crippen LogP contribution in [0.5, 0.6) is 0 Å². The fourth-order valence-corrected chi connectivity index (χ4v) is 2.73. The molecule has 0 saturated carbocycles. The van der Waals surface area contributed by atoms with Gasteiger partial charge < -0.3 is 5.73 Å². The number of benzene rings is 1. The van der Waals surface area contributed by atoms with E-state index in [0.717, 1.165) is 19.5 Å². The summed E-state index contributed by atoms with van der Waals surface area (Å²) in [6.07, 6.45) is 2.34. The average Bonchev–Trinajstić information content (AvgIpc) is 2.39. The SMILES string of the molecule is CC(c1ccccc1)N1CCCC(C(N)=S)C1. The molecule has 0 bridgehead atoms. The van der Waals surface area contributed by atoms with Gasteiger partial charge in [0.1, 0.15) is 0 Å². The molecule has 3 heteroatoms. The van der Waals surface area contributed by atoms with Gasteiger partial charge >= 0.3 is 0 Å². The lowest BCUT2D eigenvalue weighted by Crippen LogP contribution is -2.41. The maximum atomic E-state index is 5.77. The van der Waals surface area contributed by atoms with Crippen molar-refractivity contribution in [2.24, 2.45) is 11.7 Å². The van der Waals surface area contributed by atoms with Gasteiger partial charge in [-0.25, -0.2) is 0 Å². The van der Waals surface area contributed by atoms with Gasteiger partial charge in [-0.05, 0) is 31.9 Å². The van der Waals surface area contributed by atoms with Gasteiger partial charge in [0, 0.05) is 18.5 Å². The van der Waals surface area contributed by atoms with Crippen LogP contribution in [0.2, 0.25) is 0 Å². The van der Waals surface area contributed by atoms with E-state index in [-0.39, 0.29) is 0 Å². The summed E-state index contributed by atoms with van der Waals surface area (Å²) >= 11 is 5.12. The number of nitrogens with zero attached hydrogens (tertiary/aromatic N) is 1. The van der Waals surface area contributed by atoms with Gasteiger partial charge in [0.25, 0.3) is 0 Å². The number of nitrogens with two attached hydrogens (primary N) is 1. The number of rotatable bonds is 3. The maximum absolute atomic E-state index is 5.77. The van der Waals surface area contributed by atoms with E-state index in [1.54, 1.807) is 0 Å². The Balaban J connectivity index is 2.05. The van der Waals surface area contributed by atoms with Gasteiger partial charge in [-0.15, -0.1) is 0 Å². The van der Waals surface area contributed by atoms with Gasteiger partial charge in [0.2, 0.25) is 0 Å². The third kappa shape index (κ3) is 3.05. The minimum atomic E-state index is 0.393. The van der Waals surface area contributed by atoms with E-state index in [0.29, 0.717) is 16.9 Å². The Morgan fingerprint density at radius 1 is 1.41 bits per heavy atom. The number of piperidine rings is 1. The van der Waals surface area contributed by atoms with Crippen LogP contribution in [0, 0.1) is 5.92 Å². The zero-order valence-corrected chi connectivity index (χ0v) is 11.1. The largest absolute Gasteiger partial charge is 0.393 e. The van der Waals surface area contributed by atoms with Crippen LogP contribution in [0.15, 0.2) is 30.3 Å². The molecule has 1 heterocycles. The highest BCUT2D eigenvalue weighted by Crippen LogP contribution is 2.26.